The summed E-state index contributed by atoms with van der Waals surface area (Å²) in [5.74, 6) is 0.120. The third-order valence-corrected chi connectivity index (χ3v) is 4.79. The number of anilines is 1. The summed E-state index contributed by atoms with van der Waals surface area (Å²) < 4.78 is 1.82. The first-order valence-electron chi connectivity index (χ1n) is 8.98. The Morgan fingerprint density at radius 1 is 0.750 bits per heavy atom. The van der Waals surface area contributed by atoms with E-state index in [1.165, 1.54) is 0 Å². The van der Waals surface area contributed by atoms with Gasteiger partial charge in [0.1, 0.15) is 0 Å². The molecular weight excluding hydrogens is 364 g/mol. The van der Waals surface area contributed by atoms with Crippen molar-refractivity contribution in [3.8, 4) is 0 Å². The molecule has 4 heteroatoms. The fourth-order valence-electron chi connectivity index (χ4n) is 3.14. The maximum absolute atomic E-state index is 11.0. The summed E-state index contributed by atoms with van der Waals surface area (Å²) in [6.45, 7) is 0. The average Bonchev–Trinajstić information content (AvgIpc) is 2.75. The van der Waals surface area contributed by atoms with Gasteiger partial charge in [-0.15, -0.1) is 0 Å². The Balaban J connectivity index is 1.80. The normalized spacial score (nSPS) is 11.7. The molecule has 0 amide bonds. The van der Waals surface area contributed by atoms with Crippen LogP contribution in [0.1, 0.15) is 5.56 Å². The summed E-state index contributed by atoms with van der Waals surface area (Å²) in [6, 6.07) is 29.3. The fourth-order valence-corrected chi connectivity index (χ4v) is 3.46. The molecule has 2 N–H and O–H groups in total. The molecule has 0 aliphatic heterocycles. The molecule has 28 heavy (non-hydrogen) atoms. The Kier molecular flexibility index (Phi) is 5.13. The van der Waals surface area contributed by atoms with Crippen molar-refractivity contribution in [2.24, 2.45) is 0 Å². The molecule has 1 aromatic heterocycles. The van der Waals surface area contributed by atoms with Gasteiger partial charge in [0.15, 0.2) is 23.1 Å². The van der Waals surface area contributed by atoms with Crippen molar-refractivity contribution in [1.82, 2.24) is 0 Å². The Morgan fingerprint density at radius 3 is 2.18 bits per heavy atom. The quantitative estimate of drug-likeness (QED) is 0.213. The topological polar surface area (TPSA) is 36.1 Å². The molecule has 0 radical (unpaired) electrons. The van der Waals surface area contributed by atoms with E-state index in [2.05, 4.69) is 23.5 Å². The number of hydrogen-bond donors (Lipinski definition) is 2. The minimum atomic E-state index is 0.120. The van der Waals surface area contributed by atoms with Crippen LogP contribution in [0.25, 0.3) is 22.2 Å². The zero-order valence-corrected chi connectivity index (χ0v) is 15.9. The van der Waals surface area contributed by atoms with E-state index in [-0.39, 0.29) is 5.76 Å². The zero-order chi connectivity index (χ0) is 19.3. The standard InChI is InChI=1S/C24H18N2OS/c27-23(19-11-3-1-4-12-19)22(26-16-7-2-8-17-26)24(28)25-21-15-9-13-18-10-5-6-14-20(18)21/h1-17H,(H-,25,27,28)/p+1. The summed E-state index contributed by atoms with van der Waals surface area (Å²) in [6.07, 6.45) is 3.73. The predicted molar refractivity (Wildman–Crippen MR) is 119 cm³/mol. The van der Waals surface area contributed by atoms with Gasteiger partial charge in [-0.05, 0) is 11.5 Å². The first kappa shape index (κ1) is 17.9. The van der Waals surface area contributed by atoms with Crippen molar-refractivity contribution in [3.63, 3.8) is 0 Å². The Bertz CT molecular complexity index is 1150. The van der Waals surface area contributed by atoms with Crippen LogP contribution in [0.5, 0.6) is 0 Å². The van der Waals surface area contributed by atoms with Crippen molar-refractivity contribution < 1.29 is 9.67 Å². The number of pyridine rings is 1. The highest BCUT2D eigenvalue weighted by molar-refractivity contribution is 7.81. The highest BCUT2D eigenvalue weighted by atomic mass is 32.1. The molecule has 0 spiro atoms. The number of benzene rings is 3. The molecule has 0 saturated carbocycles. The van der Waals surface area contributed by atoms with E-state index in [9.17, 15) is 5.11 Å². The number of rotatable bonds is 4. The summed E-state index contributed by atoms with van der Waals surface area (Å²) in [7, 11) is 0. The smallest absolute Gasteiger partial charge is 0.288 e. The maximum Gasteiger partial charge on any atom is 0.288 e. The lowest BCUT2D eigenvalue weighted by atomic mass is 10.1. The lowest BCUT2D eigenvalue weighted by molar-refractivity contribution is -0.575. The number of nitrogens with one attached hydrogen (secondary N) is 1. The van der Waals surface area contributed by atoms with E-state index in [0.717, 1.165) is 16.5 Å². The molecular formula is C24H19N2OS+. The fraction of sp³-hybridized carbons (Fsp3) is 0. The van der Waals surface area contributed by atoms with Gasteiger partial charge < -0.3 is 10.4 Å². The van der Waals surface area contributed by atoms with E-state index in [0.29, 0.717) is 16.2 Å². The van der Waals surface area contributed by atoms with E-state index in [1.807, 2.05) is 89.8 Å². The number of fused-ring (bicyclic) bond motifs is 1. The van der Waals surface area contributed by atoms with Gasteiger partial charge in [0.05, 0.1) is 0 Å². The highest BCUT2D eigenvalue weighted by Crippen LogP contribution is 2.25. The maximum atomic E-state index is 11.0. The van der Waals surface area contributed by atoms with Gasteiger partial charge >= 0.3 is 0 Å². The Labute approximate surface area is 169 Å². The molecule has 1 heterocycles. The van der Waals surface area contributed by atoms with Gasteiger partial charge in [-0.3, -0.25) is 0 Å². The second kappa shape index (κ2) is 8.03. The number of aliphatic hydroxyl groups is 1. The van der Waals surface area contributed by atoms with E-state index < -0.39 is 0 Å². The Morgan fingerprint density at radius 2 is 1.39 bits per heavy atom. The highest BCUT2D eigenvalue weighted by Gasteiger charge is 2.23. The summed E-state index contributed by atoms with van der Waals surface area (Å²) in [5, 5.41) is 16.6. The minimum Gasteiger partial charge on any atom is -0.502 e. The van der Waals surface area contributed by atoms with E-state index in [4.69, 9.17) is 12.2 Å². The van der Waals surface area contributed by atoms with Gasteiger partial charge in [-0.25, -0.2) is 0 Å². The lowest BCUT2D eigenvalue weighted by Gasteiger charge is -2.12. The molecule has 4 rings (SSSR count). The van der Waals surface area contributed by atoms with Gasteiger partial charge in [0, 0.05) is 28.8 Å². The van der Waals surface area contributed by atoms with Crippen LogP contribution in [0, 0.1) is 0 Å². The van der Waals surface area contributed by atoms with E-state index >= 15 is 0 Å². The molecule has 3 nitrogen and oxygen atoms in total. The lowest BCUT2D eigenvalue weighted by Crippen LogP contribution is -2.38. The molecule has 0 aliphatic carbocycles. The number of thiocarbonyl (C=S) groups is 1. The molecule has 0 fully saturated rings. The largest absolute Gasteiger partial charge is 0.502 e. The second-order valence-corrected chi connectivity index (χ2v) is 6.74. The van der Waals surface area contributed by atoms with Crippen LogP contribution in [0.3, 0.4) is 0 Å². The SMILES string of the molecule is OC(=C(C(=S)Nc1cccc2ccccc12)[n+]1ccccc1)c1ccccc1. The van der Waals surface area contributed by atoms with Crippen molar-refractivity contribution in [1.29, 1.82) is 0 Å². The molecule has 136 valence electrons. The molecule has 0 unspecified atom stereocenters. The van der Waals surface area contributed by atoms with Crippen molar-refractivity contribution >= 4 is 45.1 Å². The van der Waals surface area contributed by atoms with Crippen LogP contribution in [-0.4, -0.2) is 10.1 Å². The summed E-state index contributed by atoms with van der Waals surface area (Å²) in [5.41, 5.74) is 2.13. The van der Waals surface area contributed by atoms with Gasteiger partial charge in [0.2, 0.25) is 0 Å². The number of hydrogen-bond acceptors (Lipinski definition) is 2. The molecule has 4 aromatic rings. The molecule has 0 atom stereocenters. The molecule has 0 bridgehead atoms. The zero-order valence-electron chi connectivity index (χ0n) is 15.1. The van der Waals surface area contributed by atoms with Crippen LogP contribution in [0.2, 0.25) is 0 Å². The number of nitrogens with zero attached hydrogens (tertiary/aromatic N) is 1. The van der Waals surface area contributed by atoms with Gasteiger partial charge in [-0.1, -0.05) is 85.0 Å². The van der Waals surface area contributed by atoms with Crippen molar-refractivity contribution in [3.05, 3.63) is 109 Å². The van der Waals surface area contributed by atoms with Crippen LogP contribution >= 0.6 is 12.2 Å². The van der Waals surface area contributed by atoms with Gasteiger partial charge in [0.25, 0.3) is 5.70 Å². The van der Waals surface area contributed by atoms with Gasteiger partial charge in [-0.2, -0.15) is 4.57 Å². The first-order valence-corrected chi connectivity index (χ1v) is 9.39. The monoisotopic (exact) mass is 383 g/mol. The molecule has 0 aliphatic rings. The van der Waals surface area contributed by atoms with Crippen LogP contribution in [0.4, 0.5) is 5.69 Å². The molecule has 3 aromatic carbocycles. The first-order chi connectivity index (χ1) is 13.7. The summed E-state index contributed by atoms with van der Waals surface area (Å²) in [4.78, 5) is 0.439. The second-order valence-electron chi connectivity index (χ2n) is 6.33. The molecule has 0 saturated heterocycles. The third kappa shape index (κ3) is 3.63. The average molecular weight is 383 g/mol. The van der Waals surface area contributed by atoms with Crippen LogP contribution in [0.15, 0.2) is 103 Å². The van der Waals surface area contributed by atoms with E-state index in [1.54, 1.807) is 0 Å². The number of aliphatic hydroxyl groups excluding tert-OH is 1. The summed E-state index contributed by atoms with van der Waals surface area (Å²) >= 11 is 5.73. The Hall–Kier alpha value is -3.50. The van der Waals surface area contributed by atoms with Crippen molar-refractivity contribution in [2.45, 2.75) is 0 Å². The van der Waals surface area contributed by atoms with Crippen LogP contribution < -0.4 is 9.88 Å². The third-order valence-electron chi connectivity index (χ3n) is 4.50. The van der Waals surface area contributed by atoms with Crippen LogP contribution in [-0.2, 0) is 0 Å². The predicted octanol–water partition coefficient (Wildman–Crippen LogP) is 5.45. The minimum absolute atomic E-state index is 0.120. The number of aromatic nitrogens is 1. The van der Waals surface area contributed by atoms with Crippen molar-refractivity contribution in [2.75, 3.05) is 5.32 Å².